The summed E-state index contributed by atoms with van der Waals surface area (Å²) in [6.07, 6.45) is 4.14. The van der Waals surface area contributed by atoms with Crippen molar-refractivity contribution >= 4 is 71.6 Å². The monoisotopic (exact) mass is 621 g/mol. The highest BCUT2D eigenvalue weighted by Crippen LogP contribution is 2.29. The number of fused-ring (bicyclic) bond motifs is 1. The third kappa shape index (κ3) is 8.00. The second-order valence-electron chi connectivity index (χ2n) is 9.09. The minimum Gasteiger partial charge on any atom is -0.449 e. The van der Waals surface area contributed by atoms with E-state index in [1.54, 1.807) is 11.1 Å². The summed E-state index contributed by atoms with van der Waals surface area (Å²) < 4.78 is 13.3. The summed E-state index contributed by atoms with van der Waals surface area (Å²) in [6, 6.07) is 9.67. The lowest BCUT2D eigenvalue weighted by molar-refractivity contribution is 0.00414. The zero-order chi connectivity index (χ0) is 24.9. The number of pyridine rings is 1. The number of anilines is 1. The summed E-state index contributed by atoms with van der Waals surface area (Å²) in [5.41, 5.74) is 7.36. The van der Waals surface area contributed by atoms with Gasteiger partial charge in [-0.1, -0.05) is 11.6 Å². The Labute approximate surface area is 252 Å². The highest BCUT2D eigenvalue weighted by molar-refractivity contribution is 6.30. The lowest BCUT2D eigenvalue weighted by atomic mass is 10.2. The van der Waals surface area contributed by atoms with Gasteiger partial charge in [0.15, 0.2) is 5.82 Å². The van der Waals surface area contributed by atoms with Crippen molar-refractivity contribution in [3.63, 3.8) is 0 Å². The molecule has 1 amide bonds. The van der Waals surface area contributed by atoms with Gasteiger partial charge in [-0.3, -0.25) is 9.88 Å². The number of halogens is 4. The van der Waals surface area contributed by atoms with E-state index in [1.165, 1.54) is 0 Å². The standard InChI is InChI=1S/C25H32ClN7O3.3ClH/c26-19-2-4-20(5-3-19)33-23-16-28-8-6-22(23)24(29-33)32-13-15-35-21(18-32)17-30-9-11-31(12-10-30)25(34)36-14-1-7-27;;;/h2-6,8,16,21H,1,7,9-15,17-18,27H2;3*1H. The van der Waals surface area contributed by atoms with Crippen molar-refractivity contribution in [2.24, 2.45) is 5.73 Å². The van der Waals surface area contributed by atoms with Crippen LogP contribution in [0.4, 0.5) is 10.6 Å². The molecule has 2 saturated heterocycles. The molecule has 4 heterocycles. The number of nitrogens with zero attached hydrogens (tertiary/aromatic N) is 6. The fraction of sp³-hybridized carbons (Fsp3) is 0.480. The molecule has 2 aliphatic rings. The number of piperazine rings is 1. The number of hydrogen-bond donors (Lipinski definition) is 1. The van der Waals surface area contributed by atoms with Crippen molar-refractivity contribution in [3.05, 3.63) is 47.7 Å². The molecule has 0 saturated carbocycles. The van der Waals surface area contributed by atoms with Crippen LogP contribution >= 0.6 is 48.8 Å². The SMILES string of the molecule is Cl.Cl.Cl.NCCCOC(=O)N1CCN(CC2CN(c3nn(-c4ccc(Cl)cc4)c4cnccc34)CCO2)CC1. The third-order valence-electron chi connectivity index (χ3n) is 6.64. The number of carbonyl (C=O) groups is 1. The Balaban J connectivity index is 0.00000178. The first-order valence-electron chi connectivity index (χ1n) is 12.4. The van der Waals surface area contributed by atoms with Gasteiger partial charge >= 0.3 is 6.09 Å². The maximum atomic E-state index is 12.2. The molecule has 0 bridgehead atoms. The molecule has 1 unspecified atom stereocenters. The zero-order valence-electron chi connectivity index (χ0n) is 21.5. The van der Waals surface area contributed by atoms with Gasteiger partial charge in [-0.15, -0.1) is 42.3 Å². The quantitative estimate of drug-likeness (QED) is 0.399. The van der Waals surface area contributed by atoms with Crippen molar-refractivity contribution in [1.82, 2.24) is 24.6 Å². The molecule has 5 rings (SSSR count). The summed E-state index contributed by atoms with van der Waals surface area (Å²) in [5, 5.41) is 6.73. The van der Waals surface area contributed by atoms with Crippen LogP contribution < -0.4 is 10.6 Å². The van der Waals surface area contributed by atoms with Crippen molar-refractivity contribution in [2.75, 3.05) is 70.5 Å². The number of hydrogen-bond acceptors (Lipinski definition) is 8. The molecule has 0 aliphatic carbocycles. The number of morpholine rings is 1. The van der Waals surface area contributed by atoms with Crippen LogP contribution in [0.2, 0.25) is 5.02 Å². The molecule has 2 fully saturated rings. The van der Waals surface area contributed by atoms with E-state index in [4.69, 9.17) is 31.9 Å². The maximum Gasteiger partial charge on any atom is 0.409 e. The highest BCUT2D eigenvalue weighted by atomic mass is 35.5. The number of benzene rings is 1. The predicted octanol–water partition coefficient (Wildman–Crippen LogP) is 3.65. The van der Waals surface area contributed by atoms with Crippen LogP contribution in [-0.2, 0) is 9.47 Å². The van der Waals surface area contributed by atoms with E-state index in [-0.39, 0.29) is 49.4 Å². The Morgan fingerprint density at radius 3 is 2.54 bits per heavy atom. The molecule has 10 nitrogen and oxygen atoms in total. The average Bonchev–Trinajstić information content (AvgIpc) is 3.30. The second-order valence-corrected chi connectivity index (χ2v) is 9.52. The first-order chi connectivity index (χ1) is 17.6. The van der Waals surface area contributed by atoms with E-state index >= 15 is 0 Å². The minimum atomic E-state index is -0.249. The van der Waals surface area contributed by atoms with E-state index in [0.717, 1.165) is 55.1 Å². The molecule has 39 heavy (non-hydrogen) atoms. The molecule has 14 heteroatoms. The molecule has 0 radical (unpaired) electrons. The van der Waals surface area contributed by atoms with Crippen LogP contribution in [0.3, 0.4) is 0 Å². The van der Waals surface area contributed by atoms with Gasteiger partial charge < -0.3 is 25.0 Å². The summed E-state index contributed by atoms with van der Waals surface area (Å²) in [7, 11) is 0. The van der Waals surface area contributed by atoms with Gasteiger partial charge in [-0.05, 0) is 43.3 Å². The topological polar surface area (TPSA) is 102 Å². The molecule has 2 N–H and O–H groups in total. The van der Waals surface area contributed by atoms with Gasteiger partial charge in [-0.2, -0.15) is 0 Å². The smallest absolute Gasteiger partial charge is 0.409 e. The van der Waals surface area contributed by atoms with Crippen molar-refractivity contribution in [2.45, 2.75) is 12.5 Å². The van der Waals surface area contributed by atoms with Crippen molar-refractivity contribution in [1.29, 1.82) is 0 Å². The Bertz CT molecular complexity index is 1180. The number of ether oxygens (including phenoxy) is 2. The van der Waals surface area contributed by atoms with E-state index in [2.05, 4.69) is 14.8 Å². The van der Waals surface area contributed by atoms with Gasteiger partial charge in [0.1, 0.15) is 0 Å². The zero-order valence-corrected chi connectivity index (χ0v) is 24.7. The fourth-order valence-corrected chi connectivity index (χ4v) is 4.84. The van der Waals surface area contributed by atoms with E-state index < -0.39 is 0 Å². The first kappa shape index (κ1) is 33.2. The van der Waals surface area contributed by atoms with Crippen LogP contribution in [0.15, 0.2) is 42.7 Å². The molecular formula is C25H35Cl4N7O3. The number of aromatic nitrogens is 3. The second kappa shape index (κ2) is 15.7. The van der Waals surface area contributed by atoms with Gasteiger partial charge in [-0.25, -0.2) is 9.48 Å². The van der Waals surface area contributed by atoms with Crippen molar-refractivity contribution < 1.29 is 14.3 Å². The number of nitrogens with two attached hydrogens (primary N) is 1. The summed E-state index contributed by atoms with van der Waals surface area (Å²) in [6.45, 7) is 6.76. The largest absolute Gasteiger partial charge is 0.449 e. The molecule has 216 valence electrons. The summed E-state index contributed by atoms with van der Waals surface area (Å²) in [4.78, 5) is 22.9. The van der Waals surface area contributed by atoms with E-state index in [0.29, 0.717) is 44.3 Å². The van der Waals surface area contributed by atoms with Crippen LogP contribution in [0, 0.1) is 0 Å². The molecule has 0 spiro atoms. The Kier molecular flexibility index (Phi) is 13.3. The number of carbonyl (C=O) groups excluding carboxylic acids is 1. The van der Waals surface area contributed by atoms with Crippen molar-refractivity contribution in [3.8, 4) is 5.69 Å². The van der Waals surface area contributed by atoms with Crippen LogP contribution in [0.25, 0.3) is 16.6 Å². The van der Waals surface area contributed by atoms with Crippen LogP contribution in [0.5, 0.6) is 0 Å². The fourth-order valence-electron chi connectivity index (χ4n) is 4.72. The number of rotatable bonds is 7. The average molecular weight is 623 g/mol. The molecule has 1 atom stereocenters. The van der Waals surface area contributed by atoms with Gasteiger partial charge in [0.25, 0.3) is 0 Å². The molecule has 2 aliphatic heterocycles. The Morgan fingerprint density at radius 2 is 1.82 bits per heavy atom. The molecule has 1 aromatic carbocycles. The summed E-state index contributed by atoms with van der Waals surface area (Å²) >= 11 is 6.09. The highest BCUT2D eigenvalue weighted by Gasteiger charge is 2.29. The normalized spacial score (nSPS) is 17.6. The third-order valence-corrected chi connectivity index (χ3v) is 6.89. The van der Waals surface area contributed by atoms with Gasteiger partial charge in [0.05, 0.1) is 36.7 Å². The maximum absolute atomic E-state index is 12.2. The van der Waals surface area contributed by atoms with Gasteiger partial charge in [0, 0.05) is 62.4 Å². The molecule has 2 aromatic heterocycles. The van der Waals surface area contributed by atoms with E-state index in [1.807, 2.05) is 41.2 Å². The Morgan fingerprint density at radius 1 is 1.08 bits per heavy atom. The lowest BCUT2D eigenvalue weighted by Gasteiger charge is -2.39. The molecule has 3 aromatic rings. The van der Waals surface area contributed by atoms with Crippen LogP contribution in [0.1, 0.15) is 6.42 Å². The van der Waals surface area contributed by atoms with Crippen LogP contribution in [-0.4, -0.2) is 102 Å². The first-order valence-corrected chi connectivity index (χ1v) is 12.8. The summed E-state index contributed by atoms with van der Waals surface area (Å²) in [5.74, 6) is 0.931. The minimum absolute atomic E-state index is 0. The molecular weight excluding hydrogens is 588 g/mol. The Hall–Kier alpha value is -2.05. The number of amides is 1. The van der Waals surface area contributed by atoms with E-state index in [9.17, 15) is 4.79 Å². The lowest BCUT2D eigenvalue weighted by Crippen LogP contribution is -2.53. The predicted molar refractivity (Wildman–Crippen MR) is 161 cm³/mol. The van der Waals surface area contributed by atoms with Gasteiger partial charge in [0.2, 0.25) is 0 Å².